The summed E-state index contributed by atoms with van der Waals surface area (Å²) in [7, 11) is 3.83. The lowest BCUT2D eigenvalue weighted by Gasteiger charge is -2.15. The minimum atomic E-state index is -0.779. The van der Waals surface area contributed by atoms with Crippen LogP contribution in [0.5, 0.6) is 17.2 Å². The molecule has 0 aliphatic rings. The lowest BCUT2D eigenvalue weighted by Crippen LogP contribution is -2.24. The standard InChI is InChI=1S/C17H17FN2O6/c1-24-13-8-11(14(20(22)23)16(26-3)15(13)25-2)17(21)19-9-10-6-4-5-7-12(10)18/h4-8H,9H2,1-3H3,(H,19,21). The zero-order valence-electron chi connectivity index (χ0n) is 14.4. The third kappa shape index (κ3) is 3.66. The van der Waals surface area contributed by atoms with E-state index in [4.69, 9.17) is 14.2 Å². The van der Waals surface area contributed by atoms with Gasteiger partial charge in [0, 0.05) is 18.2 Å². The third-order valence-corrected chi connectivity index (χ3v) is 3.63. The van der Waals surface area contributed by atoms with E-state index in [1.165, 1.54) is 45.6 Å². The van der Waals surface area contributed by atoms with Crippen LogP contribution in [-0.2, 0) is 6.54 Å². The lowest BCUT2D eigenvalue weighted by molar-refractivity contribution is -0.386. The minimum absolute atomic E-state index is 0.00708. The van der Waals surface area contributed by atoms with Crippen molar-refractivity contribution in [3.05, 3.63) is 57.4 Å². The van der Waals surface area contributed by atoms with Gasteiger partial charge in [0.15, 0.2) is 5.75 Å². The van der Waals surface area contributed by atoms with E-state index in [0.717, 1.165) is 0 Å². The molecule has 0 aliphatic heterocycles. The number of ether oxygens (including phenoxy) is 3. The SMILES string of the molecule is COc1cc(C(=O)NCc2ccccc2F)c([N+](=O)[O-])c(OC)c1OC. The van der Waals surface area contributed by atoms with Gasteiger partial charge in [-0.05, 0) is 6.07 Å². The number of nitro groups is 1. The maximum Gasteiger partial charge on any atom is 0.327 e. The summed E-state index contributed by atoms with van der Waals surface area (Å²) in [5, 5.41) is 13.9. The predicted octanol–water partition coefficient (Wildman–Crippen LogP) is 2.69. The van der Waals surface area contributed by atoms with Crippen LogP contribution in [-0.4, -0.2) is 32.2 Å². The van der Waals surface area contributed by atoms with Crippen LogP contribution in [0.25, 0.3) is 0 Å². The number of carbonyl (C=O) groups is 1. The van der Waals surface area contributed by atoms with Crippen molar-refractivity contribution in [2.75, 3.05) is 21.3 Å². The van der Waals surface area contributed by atoms with Crippen molar-refractivity contribution in [2.24, 2.45) is 0 Å². The minimum Gasteiger partial charge on any atom is -0.493 e. The molecule has 26 heavy (non-hydrogen) atoms. The van der Waals surface area contributed by atoms with E-state index in [1.807, 2.05) is 0 Å². The molecule has 2 aromatic rings. The smallest absolute Gasteiger partial charge is 0.327 e. The van der Waals surface area contributed by atoms with Crippen LogP contribution in [0, 0.1) is 15.9 Å². The number of nitrogens with one attached hydrogen (secondary N) is 1. The Labute approximate surface area is 148 Å². The lowest BCUT2D eigenvalue weighted by atomic mass is 10.1. The van der Waals surface area contributed by atoms with Crippen LogP contribution in [0.4, 0.5) is 10.1 Å². The Bertz CT molecular complexity index is 840. The monoisotopic (exact) mass is 364 g/mol. The number of benzene rings is 2. The molecule has 0 heterocycles. The highest BCUT2D eigenvalue weighted by atomic mass is 19.1. The number of nitrogens with zero attached hydrogens (tertiary/aromatic N) is 1. The van der Waals surface area contributed by atoms with Gasteiger partial charge in [0.05, 0.1) is 26.3 Å². The van der Waals surface area contributed by atoms with E-state index in [0.29, 0.717) is 0 Å². The van der Waals surface area contributed by atoms with Gasteiger partial charge in [0.1, 0.15) is 11.4 Å². The number of hydrogen-bond acceptors (Lipinski definition) is 6. The molecule has 0 radical (unpaired) electrons. The van der Waals surface area contributed by atoms with Crippen molar-refractivity contribution in [3.63, 3.8) is 0 Å². The van der Waals surface area contributed by atoms with Crippen molar-refractivity contribution in [3.8, 4) is 17.2 Å². The van der Waals surface area contributed by atoms with Gasteiger partial charge < -0.3 is 19.5 Å². The normalized spacial score (nSPS) is 10.2. The number of carbonyl (C=O) groups excluding carboxylic acids is 1. The molecule has 9 heteroatoms. The van der Waals surface area contributed by atoms with Gasteiger partial charge in [-0.2, -0.15) is 0 Å². The largest absolute Gasteiger partial charge is 0.493 e. The van der Waals surface area contributed by atoms with Gasteiger partial charge in [0.25, 0.3) is 5.91 Å². The first-order valence-electron chi connectivity index (χ1n) is 7.43. The van der Waals surface area contributed by atoms with Gasteiger partial charge in [-0.25, -0.2) is 4.39 Å². The van der Waals surface area contributed by atoms with Gasteiger partial charge in [-0.15, -0.1) is 0 Å². The molecule has 0 aliphatic carbocycles. The van der Waals surface area contributed by atoms with Crippen LogP contribution >= 0.6 is 0 Å². The Kier molecular flexibility index (Phi) is 5.94. The molecule has 0 saturated carbocycles. The number of hydrogen-bond donors (Lipinski definition) is 1. The highest BCUT2D eigenvalue weighted by Gasteiger charge is 2.32. The highest BCUT2D eigenvalue weighted by molar-refractivity contribution is 6.00. The van der Waals surface area contributed by atoms with Crippen molar-refractivity contribution in [1.82, 2.24) is 5.32 Å². The molecule has 0 unspecified atom stereocenters. The maximum absolute atomic E-state index is 13.7. The molecule has 0 atom stereocenters. The van der Waals surface area contributed by atoms with Crippen LogP contribution in [0.2, 0.25) is 0 Å². The number of amides is 1. The summed E-state index contributed by atoms with van der Waals surface area (Å²) in [5.74, 6) is -1.43. The first-order chi connectivity index (χ1) is 12.4. The van der Waals surface area contributed by atoms with Crippen molar-refractivity contribution >= 4 is 11.6 Å². The van der Waals surface area contributed by atoms with E-state index in [1.54, 1.807) is 6.07 Å². The Morgan fingerprint density at radius 1 is 1.15 bits per heavy atom. The van der Waals surface area contributed by atoms with E-state index in [-0.39, 0.29) is 34.9 Å². The summed E-state index contributed by atoms with van der Waals surface area (Å²) in [4.78, 5) is 23.2. The molecular formula is C17H17FN2O6. The molecule has 0 fully saturated rings. The molecule has 0 bridgehead atoms. The summed E-state index contributed by atoms with van der Waals surface area (Å²) < 4.78 is 28.9. The summed E-state index contributed by atoms with van der Waals surface area (Å²) in [6, 6.07) is 7.07. The van der Waals surface area contributed by atoms with Crippen molar-refractivity contribution in [2.45, 2.75) is 6.54 Å². The fraction of sp³-hybridized carbons (Fsp3) is 0.235. The van der Waals surface area contributed by atoms with Crippen molar-refractivity contribution < 1.29 is 28.3 Å². The van der Waals surface area contributed by atoms with E-state index in [2.05, 4.69) is 5.32 Å². The van der Waals surface area contributed by atoms with Gasteiger partial charge in [-0.3, -0.25) is 14.9 Å². The predicted molar refractivity (Wildman–Crippen MR) is 90.3 cm³/mol. The van der Waals surface area contributed by atoms with E-state index < -0.39 is 22.3 Å². The molecule has 2 aromatic carbocycles. The number of nitro benzene ring substituents is 1. The van der Waals surface area contributed by atoms with Gasteiger partial charge >= 0.3 is 5.69 Å². The molecule has 1 amide bonds. The average molecular weight is 364 g/mol. The maximum atomic E-state index is 13.7. The average Bonchev–Trinajstić information content (AvgIpc) is 2.64. The molecule has 0 aromatic heterocycles. The van der Waals surface area contributed by atoms with Gasteiger partial charge in [-0.1, -0.05) is 18.2 Å². The zero-order valence-corrected chi connectivity index (χ0v) is 14.4. The Hall–Kier alpha value is -3.36. The fourth-order valence-electron chi connectivity index (χ4n) is 2.41. The molecule has 2 rings (SSSR count). The molecule has 0 saturated heterocycles. The second-order valence-corrected chi connectivity index (χ2v) is 5.07. The van der Waals surface area contributed by atoms with Crippen LogP contribution in [0.1, 0.15) is 15.9 Å². The van der Waals surface area contributed by atoms with Gasteiger partial charge in [0.2, 0.25) is 11.5 Å². The summed E-state index contributed by atoms with van der Waals surface area (Å²) in [6.07, 6.45) is 0. The zero-order chi connectivity index (χ0) is 19.3. The molecule has 8 nitrogen and oxygen atoms in total. The fourth-order valence-corrected chi connectivity index (χ4v) is 2.41. The van der Waals surface area contributed by atoms with E-state index in [9.17, 15) is 19.3 Å². The summed E-state index contributed by atoms with van der Waals surface area (Å²) in [6.45, 7) is -0.140. The van der Waals surface area contributed by atoms with E-state index >= 15 is 0 Å². The Balaban J connectivity index is 2.45. The first kappa shape index (κ1) is 19.0. The van der Waals surface area contributed by atoms with Crippen LogP contribution < -0.4 is 19.5 Å². The second-order valence-electron chi connectivity index (χ2n) is 5.07. The molecule has 138 valence electrons. The quantitative estimate of drug-likeness (QED) is 0.599. The topological polar surface area (TPSA) is 99.9 Å². The Morgan fingerprint density at radius 3 is 2.35 bits per heavy atom. The first-order valence-corrected chi connectivity index (χ1v) is 7.43. The summed E-state index contributed by atoms with van der Waals surface area (Å²) >= 11 is 0. The number of rotatable bonds is 7. The number of halogens is 1. The van der Waals surface area contributed by atoms with Crippen LogP contribution in [0.3, 0.4) is 0 Å². The summed E-state index contributed by atoms with van der Waals surface area (Å²) in [5.41, 5.74) is -0.618. The molecule has 0 spiro atoms. The second kappa shape index (κ2) is 8.15. The highest BCUT2D eigenvalue weighted by Crippen LogP contribution is 2.46. The van der Waals surface area contributed by atoms with Crippen molar-refractivity contribution in [1.29, 1.82) is 0 Å². The van der Waals surface area contributed by atoms with Crippen LogP contribution in [0.15, 0.2) is 30.3 Å². The Morgan fingerprint density at radius 2 is 1.81 bits per heavy atom. The third-order valence-electron chi connectivity index (χ3n) is 3.63. The molecule has 1 N–H and O–H groups in total. The molecular weight excluding hydrogens is 347 g/mol. The number of methoxy groups -OCH3 is 3.